The lowest BCUT2D eigenvalue weighted by atomic mass is 10.1. The fourth-order valence-corrected chi connectivity index (χ4v) is 2.98. The van der Waals surface area contributed by atoms with Crippen molar-refractivity contribution in [3.05, 3.63) is 24.3 Å². The van der Waals surface area contributed by atoms with Crippen molar-refractivity contribution < 1.29 is 13.2 Å². The smallest absolute Gasteiger partial charge is 0.242 e. The average Bonchev–Trinajstić information content (AvgIpc) is 2.40. The van der Waals surface area contributed by atoms with Crippen LogP contribution in [0.1, 0.15) is 12.8 Å². The first-order chi connectivity index (χ1) is 9.00. The zero-order valence-electron chi connectivity index (χ0n) is 11.3. The molecule has 1 aliphatic rings. The molecule has 1 fully saturated rings. The molecular weight excluding hydrogens is 264 g/mol. The maximum atomic E-state index is 12.1. The summed E-state index contributed by atoms with van der Waals surface area (Å²) in [6, 6.07) is 7.31. The van der Waals surface area contributed by atoms with E-state index >= 15 is 0 Å². The highest BCUT2D eigenvalue weighted by Gasteiger charge is 2.18. The molecule has 0 unspecified atom stereocenters. The Bertz CT molecular complexity index is 522. The number of sulfonamides is 1. The van der Waals surface area contributed by atoms with Crippen LogP contribution in [0.5, 0.6) is 0 Å². The molecule has 1 aromatic carbocycles. The Morgan fingerprint density at radius 1 is 1.26 bits per heavy atom. The lowest BCUT2D eigenvalue weighted by molar-refractivity contribution is 0.0904. The van der Waals surface area contributed by atoms with Gasteiger partial charge in [0.25, 0.3) is 0 Å². The predicted octanol–water partition coefficient (Wildman–Crippen LogP) is 1.53. The van der Waals surface area contributed by atoms with E-state index in [2.05, 4.69) is 5.32 Å². The molecule has 6 heteroatoms. The van der Waals surface area contributed by atoms with Gasteiger partial charge in [0.1, 0.15) is 0 Å². The monoisotopic (exact) mass is 284 g/mol. The SMILES string of the molecule is CN(C)S(=O)(=O)c1cccc(NC2CCOCC2)c1. The number of hydrogen-bond donors (Lipinski definition) is 1. The number of nitrogens with one attached hydrogen (secondary N) is 1. The summed E-state index contributed by atoms with van der Waals surface area (Å²) in [6.45, 7) is 1.51. The zero-order valence-corrected chi connectivity index (χ0v) is 12.1. The van der Waals surface area contributed by atoms with E-state index in [1.807, 2.05) is 6.07 Å². The summed E-state index contributed by atoms with van der Waals surface area (Å²) in [6.07, 6.45) is 1.90. The van der Waals surface area contributed by atoms with Gasteiger partial charge in [0.05, 0.1) is 4.90 Å². The van der Waals surface area contributed by atoms with Gasteiger partial charge in [0, 0.05) is 39.0 Å². The maximum absolute atomic E-state index is 12.1. The normalized spacial score (nSPS) is 17.6. The molecule has 1 heterocycles. The second-order valence-electron chi connectivity index (χ2n) is 4.85. The number of hydrogen-bond acceptors (Lipinski definition) is 4. The van der Waals surface area contributed by atoms with Gasteiger partial charge in [-0.2, -0.15) is 0 Å². The van der Waals surface area contributed by atoms with Crippen LogP contribution < -0.4 is 5.32 Å². The molecule has 106 valence electrons. The van der Waals surface area contributed by atoms with E-state index < -0.39 is 10.0 Å². The van der Waals surface area contributed by atoms with Gasteiger partial charge < -0.3 is 10.1 Å². The molecule has 19 heavy (non-hydrogen) atoms. The molecule has 0 aliphatic carbocycles. The third-order valence-corrected chi connectivity index (χ3v) is 5.02. The molecule has 0 spiro atoms. The van der Waals surface area contributed by atoms with Gasteiger partial charge in [-0.15, -0.1) is 0 Å². The maximum Gasteiger partial charge on any atom is 0.242 e. The number of anilines is 1. The lowest BCUT2D eigenvalue weighted by Crippen LogP contribution is -2.28. The summed E-state index contributed by atoms with van der Waals surface area (Å²) in [5.41, 5.74) is 0.842. The largest absolute Gasteiger partial charge is 0.382 e. The van der Waals surface area contributed by atoms with Crippen LogP contribution in [0.25, 0.3) is 0 Å². The molecule has 1 N–H and O–H groups in total. The molecule has 1 aromatic rings. The van der Waals surface area contributed by atoms with E-state index in [9.17, 15) is 8.42 Å². The molecular formula is C13H20N2O3S. The quantitative estimate of drug-likeness (QED) is 0.911. The minimum Gasteiger partial charge on any atom is -0.382 e. The molecule has 0 radical (unpaired) electrons. The highest BCUT2D eigenvalue weighted by atomic mass is 32.2. The fourth-order valence-electron chi connectivity index (χ4n) is 2.03. The van der Waals surface area contributed by atoms with Crippen molar-refractivity contribution in [1.29, 1.82) is 0 Å². The van der Waals surface area contributed by atoms with Crippen LogP contribution in [0.15, 0.2) is 29.2 Å². The Hall–Kier alpha value is -1.11. The van der Waals surface area contributed by atoms with Crippen LogP contribution in [-0.2, 0) is 14.8 Å². The third kappa shape index (κ3) is 3.46. The van der Waals surface area contributed by atoms with Crippen LogP contribution in [0, 0.1) is 0 Å². The molecule has 0 atom stereocenters. The van der Waals surface area contributed by atoms with Crippen LogP contribution >= 0.6 is 0 Å². The van der Waals surface area contributed by atoms with Gasteiger partial charge in [-0.3, -0.25) is 0 Å². The van der Waals surface area contributed by atoms with Gasteiger partial charge in [-0.05, 0) is 31.0 Å². The van der Waals surface area contributed by atoms with E-state index in [-0.39, 0.29) is 0 Å². The standard InChI is InChI=1S/C13H20N2O3S/c1-15(2)19(16,17)13-5-3-4-12(10-13)14-11-6-8-18-9-7-11/h3-5,10-11,14H,6-9H2,1-2H3. The van der Waals surface area contributed by atoms with E-state index in [4.69, 9.17) is 4.74 Å². The van der Waals surface area contributed by atoms with Crippen LogP contribution in [0.4, 0.5) is 5.69 Å². The molecule has 1 saturated heterocycles. The highest BCUT2D eigenvalue weighted by molar-refractivity contribution is 7.89. The minimum absolute atomic E-state index is 0.314. The molecule has 0 aromatic heterocycles. The summed E-state index contributed by atoms with van der Waals surface area (Å²) in [5, 5.41) is 3.37. The summed E-state index contributed by atoms with van der Waals surface area (Å²) in [5.74, 6) is 0. The van der Waals surface area contributed by atoms with Crippen LogP contribution in [0.3, 0.4) is 0 Å². The zero-order chi connectivity index (χ0) is 13.9. The van der Waals surface area contributed by atoms with Crippen molar-refractivity contribution in [2.45, 2.75) is 23.8 Å². The fraction of sp³-hybridized carbons (Fsp3) is 0.538. The molecule has 0 amide bonds. The van der Waals surface area contributed by atoms with Gasteiger partial charge in [0.15, 0.2) is 0 Å². The van der Waals surface area contributed by atoms with Gasteiger partial charge >= 0.3 is 0 Å². The Morgan fingerprint density at radius 2 is 1.95 bits per heavy atom. The highest BCUT2D eigenvalue weighted by Crippen LogP contribution is 2.20. The van der Waals surface area contributed by atoms with E-state index in [0.717, 1.165) is 31.7 Å². The van der Waals surface area contributed by atoms with Crippen molar-refractivity contribution in [1.82, 2.24) is 4.31 Å². The summed E-state index contributed by atoms with van der Waals surface area (Å²) in [7, 11) is -0.300. The number of nitrogens with zero attached hydrogens (tertiary/aromatic N) is 1. The Morgan fingerprint density at radius 3 is 2.58 bits per heavy atom. The first-order valence-corrected chi connectivity index (χ1v) is 7.81. The summed E-state index contributed by atoms with van der Waals surface area (Å²) in [4.78, 5) is 0.314. The van der Waals surface area contributed by atoms with Gasteiger partial charge in [0.2, 0.25) is 10.0 Å². The second-order valence-corrected chi connectivity index (χ2v) is 7.00. The van der Waals surface area contributed by atoms with Crippen molar-refractivity contribution in [3.8, 4) is 0 Å². The molecule has 5 nitrogen and oxygen atoms in total. The summed E-state index contributed by atoms with van der Waals surface area (Å²) >= 11 is 0. The Kier molecular flexibility index (Phi) is 4.44. The first kappa shape index (κ1) is 14.3. The average molecular weight is 284 g/mol. The third-order valence-electron chi connectivity index (χ3n) is 3.20. The Balaban J connectivity index is 2.15. The summed E-state index contributed by atoms with van der Waals surface area (Å²) < 4.78 is 30.6. The van der Waals surface area contributed by atoms with Crippen LogP contribution in [0.2, 0.25) is 0 Å². The van der Waals surface area contributed by atoms with E-state index in [1.165, 1.54) is 18.4 Å². The lowest BCUT2D eigenvalue weighted by Gasteiger charge is -2.24. The number of rotatable bonds is 4. The predicted molar refractivity (Wildman–Crippen MR) is 74.8 cm³/mol. The van der Waals surface area contributed by atoms with Crippen molar-refractivity contribution >= 4 is 15.7 Å². The van der Waals surface area contributed by atoms with Crippen molar-refractivity contribution in [3.63, 3.8) is 0 Å². The first-order valence-electron chi connectivity index (χ1n) is 6.37. The van der Waals surface area contributed by atoms with E-state index in [1.54, 1.807) is 18.2 Å². The van der Waals surface area contributed by atoms with Gasteiger partial charge in [-0.1, -0.05) is 6.07 Å². The molecule has 2 rings (SSSR count). The van der Waals surface area contributed by atoms with Crippen molar-refractivity contribution in [2.75, 3.05) is 32.6 Å². The van der Waals surface area contributed by atoms with Crippen LogP contribution in [-0.4, -0.2) is 46.1 Å². The van der Waals surface area contributed by atoms with Crippen molar-refractivity contribution in [2.24, 2.45) is 0 Å². The molecule has 0 saturated carbocycles. The van der Waals surface area contributed by atoms with E-state index in [0.29, 0.717) is 10.9 Å². The topological polar surface area (TPSA) is 58.6 Å². The Labute approximate surface area is 114 Å². The number of benzene rings is 1. The molecule has 1 aliphatic heterocycles. The van der Waals surface area contributed by atoms with Gasteiger partial charge in [-0.25, -0.2) is 12.7 Å². The number of ether oxygens (including phenoxy) is 1. The molecule has 0 bridgehead atoms. The second kappa shape index (κ2) is 5.90. The minimum atomic E-state index is -3.37.